The summed E-state index contributed by atoms with van der Waals surface area (Å²) in [6.07, 6.45) is 2.66. The Balaban J connectivity index is 3.43. The van der Waals surface area contributed by atoms with E-state index in [0.717, 1.165) is 25.1 Å². The Hall–Kier alpha value is -0.0800. The topological polar surface area (TPSA) is 12.5 Å². The third kappa shape index (κ3) is 8.26. The summed E-state index contributed by atoms with van der Waals surface area (Å²) in [5.41, 5.74) is 0. The zero-order chi connectivity index (χ0) is 10.3. The summed E-state index contributed by atoms with van der Waals surface area (Å²) in [6.45, 7) is 8.76. The van der Waals surface area contributed by atoms with Crippen LogP contribution in [0.2, 0.25) is 0 Å². The van der Waals surface area contributed by atoms with E-state index in [4.69, 9.17) is 4.74 Å². The van der Waals surface area contributed by atoms with Crippen LogP contribution in [0.1, 0.15) is 33.6 Å². The highest BCUT2D eigenvalue weighted by molar-refractivity contribution is 4.58. The van der Waals surface area contributed by atoms with Gasteiger partial charge in [-0.3, -0.25) is 4.90 Å². The summed E-state index contributed by atoms with van der Waals surface area (Å²) in [5.74, 6) is 1.61. The van der Waals surface area contributed by atoms with Crippen LogP contribution in [0.25, 0.3) is 0 Å². The Kier molecular flexibility index (Phi) is 7.29. The van der Waals surface area contributed by atoms with Gasteiger partial charge in [0.15, 0.2) is 0 Å². The van der Waals surface area contributed by atoms with Crippen molar-refractivity contribution in [2.75, 3.05) is 27.4 Å². The van der Waals surface area contributed by atoms with E-state index < -0.39 is 0 Å². The van der Waals surface area contributed by atoms with Crippen LogP contribution in [-0.4, -0.2) is 32.3 Å². The van der Waals surface area contributed by atoms with Gasteiger partial charge in [0.2, 0.25) is 0 Å². The molecular weight excluding hydrogens is 162 g/mol. The Morgan fingerprint density at radius 3 is 2.23 bits per heavy atom. The van der Waals surface area contributed by atoms with Crippen LogP contribution in [0.3, 0.4) is 0 Å². The summed E-state index contributed by atoms with van der Waals surface area (Å²) in [6, 6.07) is 0. The van der Waals surface area contributed by atoms with Crippen molar-refractivity contribution in [3.63, 3.8) is 0 Å². The van der Waals surface area contributed by atoms with E-state index in [2.05, 4.69) is 32.7 Å². The van der Waals surface area contributed by atoms with Gasteiger partial charge >= 0.3 is 0 Å². The van der Waals surface area contributed by atoms with Crippen molar-refractivity contribution < 1.29 is 4.74 Å². The highest BCUT2D eigenvalue weighted by Gasteiger charge is 2.06. The SMILES string of the molecule is COCN(C)C[C@@H](C)CCC(C)C. The summed E-state index contributed by atoms with van der Waals surface area (Å²) in [5, 5.41) is 0. The second-order valence-electron chi connectivity index (χ2n) is 4.53. The average molecular weight is 187 g/mol. The van der Waals surface area contributed by atoms with Crippen LogP contribution in [-0.2, 0) is 4.74 Å². The van der Waals surface area contributed by atoms with Crippen LogP contribution >= 0.6 is 0 Å². The molecule has 0 rings (SSSR count). The normalized spacial score (nSPS) is 14.1. The third-order valence-corrected chi connectivity index (χ3v) is 2.21. The third-order valence-electron chi connectivity index (χ3n) is 2.21. The van der Waals surface area contributed by atoms with Gasteiger partial charge in [0.05, 0.1) is 6.73 Å². The van der Waals surface area contributed by atoms with Gasteiger partial charge in [0, 0.05) is 13.7 Å². The van der Waals surface area contributed by atoms with E-state index in [0.29, 0.717) is 0 Å². The predicted molar refractivity (Wildman–Crippen MR) is 57.7 cm³/mol. The summed E-state index contributed by atoms with van der Waals surface area (Å²) < 4.78 is 5.06. The molecule has 2 nitrogen and oxygen atoms in total. The number of rotatable bonds is 7. The molecule has 0 N–H and O–H groups in total. The highest BCUT2D eigenvalue weighted by atomic mass is 16.5. The molecule has 1 atom stereocenters. The average Bonchev–Trinajstić information content (AvgIpc) is 2.01. The number of methoxy groups -OCH3 is 1. The van der Waals surface area contributed by atoms with Gasteiger partial charge < -0.3 is 4.74 Å². The Labute approximate surface area is 83.3 Å². The maximum absolute atomic E-state index is 5.06. The second kappa shape index (κ2) is 7.34. The standard InChI is InChI=1S/C11H25NO/c1-10(2)6-7-11(3)8-12(4)9-13-5/h10-11H,6-9H2,1-5H3/t11-/m0/s1. The molecule has 13 heavy (non-hydrogen) atoms. The van der Waals surface area contributed by atoms with E-state index in [-0.39, 0.29) is 0 Å². The molecule has 0 saturated carbocycles. The molecule has 80 valence electrons. The Bertz CT molecular complexity index is 115. The van der Waals surface area contributed by atoms with Gasteiger partial charge in [0.1, 0.15) is 0 Å². The van der Waals surface area contributed by atoms with Gasteiger partial charge in [-0.15, -0.1) is 0 Å². The summed E-state index contributed by atoms with van der Waals surface area (Å²) in [4.78, 5) is 2.23. The maximum Gasteiger partial charge on any atom is 0.0984 e. The fraction of sp³-hybridized carbons (Fsp3) is 1.00. The van der Waals surface area contributed by atoms with Crippen LogP contribution < -0.4 is 0 Å². The molecule has 2 heteroatoms. The van der Waals surface area contributed by atoms with Crippen molar-refractivity contribution in [1.29, 1.82) is 0 Å². The molecule has 0 amide bonds. The number of hydrogen-bond acceptors (Lipinski definition) is 2. The molecule has 0 unspecified atom stereocenters. The van der Waals surface area contributed by atoms with Crippen molar-refractivity contribution >= 4 is 0 Å². The molecule has 0 aliphatic heterocycles. The molecule has 0 fully saturated rings. The van der Waals surface area contributed by atoms with Crippen LogP contribution in [0.15, 0.2) is 0 Å². The Morgan fingerprint density at radius 1 is 1.15 bits per heavy atom. The smallest absolute Gasteiger partial charge is 0.0984 e. The lowest BCUT2D eigenvalue weighted by Gasteiger charge is -2.20. The molecule has 0 aromatic heterocycles. The molecule has 0 aromatic rings. The van der Waals surface area contributed by atoms with Gasteiger partial charge in [-0.2, -0.15) is 0 Å². The molecular formula is C11H25NO. The van der Waals surface area contributed by atoms with Crippen molar-refractivity contribution in [2.45, 2.75) is 33.6 Å². The van der Waals surface area contributed by atoms with Gasteiger partial charge in [-0.25, -0.2) is 0 Å². The minimum Gasteiger partial charge on any atom is -0.369 e. The quantitative estimate of drug-likeness (QED) is 0.568. The van der Waals surface area contributed by atoms with Crippen molar-refractivity contribution in [1.82, 2.24) is 4.90 Å². The van der Waals surface area contributed by atoms with Crippen LogP contribution in [0.5, 0.6) is 0 Å². The van der Waals surface area contributed by atoms with E-state index in [1.165, 1.54) is 12.8 Å². The van der Waals surface area contributed by atoms with E-state index in [1.54, 1.807) is 7.11 Å². The van der Waals surface area contributed by atoms with Crippen molar-refractivity contribution in [3.8, 4) is 0 Å². The molecule has 0 heterocycles. The maximum atomic E-state index is 5.06. The van der Waals surface area contributed by atoms with Crippen molar-refractivity contribution in [2.24, 2.45) is 11.8 Å². The zero-order valence-electron chi connectivity index (χ0n) is 9.84. The molecule has 0 aliphatic rings. The van der Waals surface area contributed by atoms with E-state index in [9.17, 15) is 0 Å². The second-order valence-corrected chi connectivity index (χ2v) is 4.53. The van der Waals surface area contributed by atoms with Gasteiger partial charge in [-0.1, -0.05) is 27.2 Å². The van der Waals surface area contributed by atoms with E-state index >= 15 is 0 Å². The van der Waals surface area contributed by atoms with Gasteiger partial charge in [-0.05, 0) is 25.3 Å². The first kappa shape index (κ1) is 12.9. The first-order chi connectivity index (χ1) is 6.06. The highest BCUT2D eigenvalue weighted by Crippen LogP contribution is 2.12. The van der Waals surface area contributed by atoms with Crippen LogP contribution in [0, 0.1) is 11.8 Å². The summed E-state index contributed by atoms with van der Waals surface area (Å²) in [7, 11) is 3.85. The lowest BCUT2D eigenvalue weighted by atomic mass is 9.99. The fourth-order valence-corrected chi connectivity index (χ4v) is 1.51. The fourth-order valence-electron chi connectivity index (χ4n) is 1.51. The number of nitrogens with zero attached hydrogens (tertiary/aromatic N) is 1. The first-order valence-electron chi connectivity index (χ1n) is 5.23. The zero-order valence-corrected chi connectivity index (χ0v) is 9.84. The molecule has 0 aromatic carbocycles. The molecule has 0 aliphatic carbocycles. The molecule has 0 radical (unpaired) electrons. The summed E-state index contributed by atoms with van der Waals surface area (Å²) >= 11 is 0. The largest absolute Gasteiger partial charge is 0.369 e. The first-order valence-corrected chi connectivity index (χ1v) is 5.23. The number of ether oxygens (including phenoxy) is 1. The molecule has 0 spiro atoms. The molecule has 0 bridgehead atoms. The van der Waals surface area contributed by atoms with Crippen LogP contribution in [0.4, 0.5) is 0 Å². The number of hydrogen-bond donors (Lipinski definition) is 0. The minimum absolute atomic E-state index is 0.742. The molecule has 0 saturated heterocycles. The van der Waals surface area contributed by atoms with Crippen molar-refractivity contribution in [3.05, 3.63) is 0 Å². The monoisotopic (exact) mass is 187 g/mol. The van der Waals surface area contributed by atoms with E-state index in [1.807, 2.05) is 0 Å². The van der Waals surface area contributed by atoms with Gasteiger partial charge in [0.25, 0.3) is 0 Å². The minimum atomic E-state index is 0.742. The lowest BCUT2D eigenvalue weighted by molar-refractivity contribution is 0.0713. The predicted octanol–water partition coefficient (Wildman–Crippen LogP) is 2.59. The lowest BCUT2D eigenvalue weighted by Crippen LogP contribution is -2.26. The Morgan fingerprint density at radius 2 is 1.77 bits per heavy atom.